The van der Waals surface area contributed by atoms with Crippen LogP contribution in [0.1, 0.15) is 65.0 Å². The largest absolute Gasteiger partial charge is 0.487 e. The molecule has 0 unspecified atom stereocenters. The van der Waals surface area contributed by atoms with Gasteiger partial charge in [-0.1, -0.05) is 31.8 Å². The number of rotatable bonds is 10. The van der Waals surface area contributed by atoms with Gasteiger partial charge in [0.2, 0.25) is 0 Å². The SMILES string of the molecule is CCN(C(=O)OC(C)(C)C)c1cc2c(C3CCC(Oc4ccccc4F)CC3)nn(COCC[Si](C)(C)C)c2cn1. The third-order valence-corrected chi connectivity index (χ3v) is 8.96. The number of carbonyl (C=O) groups excluding carboxylic acids is 1. The minimum Gasteiger partial charge on any atom is -0.487 e. The van der Waals surface area contributed by atoms with E-state index in [1.165, 1.54) is 6.07 Å². The van der Waals surface area contributed by atoms with E-state index in [1.54, 1.807) is 29.3 Å². The zero-order chi connectivity index (χ0) is 29.8. The number of benzene rings is 1. The number of hydrogen-bond donors (Lipinski definition) is 0. The summed E-state index contributed by atoms with van der Waals surface area (Å²) in [7, 11) is -1.21. The van der Waals surface area contributed by atoms with Gasteiger partial charge in [0, 0.05) is 32.5 Å². The molecule has 0 radical (unpaired) electrons. The van der Waals surface area contributed by atoms with Gasteiger partial charge in [0.1, 0.15) is 18.1 Å². The summed E-state index contributed by atoms with van der Waals surface area (Å²) in [6.07, 6.45) is 4.64. The van der Waals surface area contributed by atoms with Crippen molar-refractivity contribution in [2.24, 2.45) is 0 Å². The predicted molar refractivity (Wildman–Crippen MR) is 163 cm³/mol. The third-order valence-electron chi connectivity index (χ3n) is 7.26. The van der Waals surface area contributed by atoms with E-state index in [9.17, 15) is 9.18 Å². The maximum atomic E-state index is 14.1. The van der Waals surface area contributed by atoms with E-state index >= 15 is 0 Å². The van der Waals surface area contributed by atoms with Gasteiger partial charge in [0.15, 0.2) is 11.6 Å². The maximum Gasteiger partial charge on any atom is 0.415 e. The van der Waals surface area contributed by atoms with Crippen LogP contribution in [0.3, 0.4) is 0 Å². The van der Waals surface area contributed by atoms with Gasteiger partial charge in [-0.25, -0.2) is 18.9 Å². The Morgan fingerprint density at radius 2 is 1.85 bits per heavy atom. The molecule has 1 amide bonds. The van der Waals surface area contributed by atoms with Crippen LogP contribution in [0, 0.1) is 5.82 Å². The zero-order valence-electron chi connectivity index (χ0n) is 25.6. The fourth-order valence-electron chi connectivity index (χ4n) is 5.04. The monoisotopic (exact) mass is 584 g/mol. The molecule has 1 saturated carbocycles. The first-order chi connectivity index (χ1) is 19.3. The molecule has 1 aliphatic rings. The average Bonchev–Trinajstić information content (AvgIpc) is 3.25. The average molecular weight is 585 g/mol. The molecule has 224 valence electrons. The van der Waals surface area contributed by atoms with Crippen molar-refractivity contribution in [3.05, 3.63) is 48.0 Å². The molecule has 0 N–H and O–H groups in total. The highest BCUT2D eigenvalue weighted by Gasteiger charge is 2.29. The second kappa shape index (κ2) is 12.9. The van der Waals surface area contributed by atoms with Gasteiger partial charge >= 0.3 is 6.09 Å². The number of para-hydroxylation sites is 1. The van der Waals surface area contributed by atoms with Gasteiger partial charge in [-0.05, 0) is 77.6 Å². The zero-order valence-corrected chi connectivity index (χ0v) is 26.6. The Hall–Kier alpha value is -2.98. The summed E-state index contributed by atoms with van der Waals surface area (Å²) in [6, 6.07) is 9.59. The summed E-state index contributed by atoms with van der Waals surface area (Å²) in [5.41, 5.74) is 1.24. The molecular weight excluding hydrogens is 539 g/mol. The number of halogens is 1. The van der Waals surface area contributed by atoms with Crippen molar-refractivity contribution in [1.82, 2.24) is 14.8 Å². The molecule has 8 nitrogen and oxygen atoms in total. The lowest BCUT2D eigenvalue weighted by Gasteiger charge is -2.28. The molecule has 0 aliphatic heterocycles. The minimum absolute atomic E-state index is 0.0404. The van der Waals surface area contributed by atoms with E-state index in [0.717, 1.165) is 48.3 Å². The molecule has 10 heteroatoms. The highest BCUT2D eigenvalue weighted by Crippen LogP contribution is 2.38. The number of hydrogen-bond acceptors (Lipinski definition) is 6. The first-order valence-corrected chi connectivity index (χ1v) is 18.4. The third kappa shape index (κ3) is 8.29. The van der Waals surface area contributed by atoms with Crippen LogP contribution < -0.4 is 9.64 Å². The van der Waals surface area contributed by atoms with E-state index in [4.69, 9.17) is 19.3 Å². The standard InChI is InChI=1S/C31H45FN4O4Si/c1-8-35(30(37)40-31(2,3)4)28-19-24-26(20-33-28)36(21-38-17-18-41(5,6)7)34-29(24)22-13-15-23(16-14-22)39-27-12-10-9-11-25(27)32/h9-12,19-20,22-23H,8,13-18,21H2,1-7H3. The van der Waals surface area contributed by atoms with Gasteiger partial charge in [0.05, 0.1) is 23.5 Å². The molecule has 1 aliphatic carbocycles. The van der Waals surface area contributed by atoms with Crippen molar-refractivity contribution < 1.29 is 23.4 Å². The van der Waals surface area contributed by atoms with Crippen LogP contribution in [0.2, 0.25) is 25.7 Å². The van der Waals surface area contributed by atoms with Crippen LogP contribution >= 0.6 is 0 Å². The summed E-state index contributed by atoms with van der Waals surface area (Å²) < 4.78 is 33.7. The van der Waals surface area contributed by atoms with Crippen LogP contribution in [0.5, 0.6) is 5.75 Å². The molecule has 1 aromatic carbocycles. The Morgan fingerprint density at radius 3 is 2.49 bits per heavy atom. The van der Waals surface area contributed by atoms with Crippen LogP contribution in [-0.2, 0) is 16.2 Å². The van der Waals surface area contributed by atoms with Crippen LogP contribution in [-0.4, -0.2) is 53.8 Å². The van der Waals surface area contributed by atoms with E-state index in [2.05, 4.69) is 24.6 Å². The molecule has 0 spiro atoms. The van der Waals surface area contributed by atoms with Crippen molar-refractivity contribution in [3.63, 3.8) is 0 Å². The highest BCUT2D eigenvalue weighted by molar-refractivity contribution is 6.76. The summed E-state index contributed by atoms with van der Waals surface area (Å²) in [5, 5.41) is 5.99. The number of aromatic nitrogens is 3. The van der Waals surface area contributed by atoms with Crippen LogP contribution in [0.15, 0.2) is 36.5 Å². The summed E-state index contributed by atoms with van der Waals surface area (Å²) in [6.45, 7) is 15.9. The van der Waals surface area contributed by atoms with Gasteiger partial charge in [-0.3, -0.25) is 4.90 Å². The number of nitrogens with zero attached hydrogens (tertiary/aromatic N) is 4. The molecule has 2 aromatic heterocycles. The molecule has 0 saturated heterocycles. The van der Waals surface area contributed by atoms with E-state index in [1.807, 2.05) is 38.4 Å². The fraction of sp³-hybridized carbons (Fsp3) is 0.581. The van der Waals surface area contributed by atoms with Crippen molar-refractivity contribution in [2.45, 2.75) is 103 Å². The van der Waals surface area contributed by atoms with E-state index < -0.39 is 19.8 Å². The Bertz CT molecular complexity index is 1330. The molecule has 2 heterocycles. The molecule has 41 heavy (non-hydrogen) atoms. The molecular formula is C31H45FN4O4Si. The second-order valence-electron chi connectivity index (χ2n) is 13.0. The van der Waals surface area contributed by atoms with Gasteiger partial charge < -0.3 is 14.2 Å². The van der Waals surface area contributed by atoms with Crippen molar-refractivity contribution >= 4 is 30.9 Å². The molecule has 3 aromatic rings. The first-order valence-electron chi connectivity index (χ1n) is 14.7. The van der Waals surface area contributed by atoms with E-state index in [0.29, 0.717) is 31.4 Å². The van der Waals surface area contributed by atoms with Crippen molar-refractivity contribution in [2.75, 3.05) is 18.1 Å². The maximum absolute atomic E-state index is 14.1. The predicted octanol–water partition coefficient (Wildman–Crippen LogP) is 7.75. The quantitative estimate of drug-likeness (QED) is 0.179. The normalized spacial score (nSPS) is 18.0. The molecule has 4 rings (SSSR count). The summed E-state index contributed by atoms with van der Waals surface area (Å²) >= 11 is 0. The summed E-state index contributed by atoms with van der Waals surface area (Å²) in [4.78, 5) is 19.2. The lowest BCUT2D eigenvalue weighted by atomic mass is 9.84. The fourth-order valence-corrected chi connectivity index (χ4v) is 5.80. The Labute approximate surface area is 244 Å². The Balaban J connectivity index is 1.58. The molecule has 0 atom stereocenters. The number of ether oxygens (including phenoxy) is 3. The summed E-state index contributed by atoms with van der Waals surface area (Å²) in [5.74, 6) is 0.706. The Morgan fingerprint density at radius 1 is 1.15 bits per heavy atom. The second-order valence-corrected chi connectivity index (χ2v) is 18.7. The minimum atomic E-state index is -1.21. The molecule has 0 bridgehead atoms. The number of fused-ring (bicyclic) bond motifs is 1. The smallest absolute Gasteiger partial charge is 0.415 e. The lowest BCUT2D eigenvalue weighted by molar-refractivity contribution is 0.0581. The number of anilines is 1. The van der Waals surface area contributed by atoms with Crippen LogP contribution in [0.25, 0.3) is 10.9 Å². The van der Waals surface area contributed by atoms with Gasteiger partial charge in [0.25, 0.3) is 0 Å². The van der Waals surface area contributed by atoms with Crippen LogP contribution in [0.4, 0.5) is 15.0 Å². The number of amides is 1. The van der Waals surface area contributed by atoms with Gasteiger partial charge in [-0.2, -0.15) is 5.10 Å². The van der Waals surface area contributed by atoms with Crippen molar-refractivity contribution in [1.29, 1.82) is 0 Å². The Kier molecular flexibility index (Phi) is 9.74. The highest BCUT2D eigenvalue weighted by atomic mass is 28.3. The topological polar surface area (TPSA) is 78.7 Å². The number of carbonyl (C=O) groups is 1. The van der Waals surface area contributed by atoms with Crippen molar-refractivity contribution in [3.8, 4) is 5.75 Å². The number of pyridine rings is 1. The lowest BCUT2D eigenvalue weighted by Crippen LogP contribution is -2.37. The first kappa shape index (κ1) is 31.0. The van der Waals surface area contributed by atoms with Gasteiger partial charge in [-0.15, -0.1) is 0 Å². The van der Waals surface area contributed by atoms with E-state index in [-0.39, 0.29) is 17.8 Å². The molecule has 1 fully saturated rings.